The van der Waals surface area contributed by atoms with Crippen molar-refractivity contribution >= 4 is 11.6 Å². The predicted octanol–water partition coefficient (Wildman–Crippen LogP) is 2.66. The summed E-state index contributed by atoms with van der Waals surface area (Å²) < 4.78 is 0. The SMILES string of the molecule is O=C(CC1(O)CCCC1)N1CCCc2ccccc21. The van der Waals surface area contributed by atoms with Crippen molar-refractivity contribution in [1.82, 2.24) is 0 Å². The largest absolute Gasteiger partial charge is 0.389 e. The van der Waals surface area contributed by atoms with Crippen LogP contribution in [0.3, 0.4) is 0 Å². The van der Waals surface area contributed by atoms with Gasteiger partial charge in [0.05, 0.1) is 12.0 Å². The van der Waals surface area contributed by atoms with Gasteiger partial charge < -0.3 is 10.0 Å². The normalized spacial score (nSPS) is 21.2. The van der Waals surface area contributed by atoms with E-state index in [1.807, 2.05) is 23.1 Å². The Morgan fingerprint density at radius 1 is 1.21 bits per heavy atom. The molecule has 0 saturated heterocycles. The summed E-state index contributed by atoms with van der Waals surface area (Å²) >= 11 is 0. The fraction of sp³-hybridized carbons (Fsp3) is 0.562. The Hall–Kier alpha value is -1.35. The molecule has 1 aliphatic carbocycles. The van der Waals surface area contributed by atoms with Crippen molar-refractivity contribution in [3.8, 4) is 0 Å². The molecule has 1 heterocycles. The van der Waals surface area contributed by atoms with Crippen molar-refractivity contribution in [3.05, 3.63) is 29.8 Å². The molecular weight excluding hydrogens is 238 g/mol. The van der Waals surface area contributed by atoms with Gasteiger partial charge in [-0.05, 0) is 37.3 Å². The number of aliphatic hydroxyl groups is 1. The fourth-order valence-electron chi connectivity index (χ4n) is 3.38. The van der Waals surface area contributed by atoms with Crippen LogP contribution in [-0.2, 0) is 11.2 Å². The molecule has 0 spiro atoms. The first-order chi connectivity index (χ1) is 9.18. The fourth-order valence-corrected chi connectivity index (χ4v) is 3.38. The van der Waals surface area contributed by atoms with Crippen LogP contribution >= 0.6 is 0 Å². The number of anilines is 1. The molecular formula is C16H21NO2. The van der Waals surface area contributed by atoms with E-state index in [1.54, 1.807) is 0 Å². The van der Waals surface area contributed by atoms with Gasteiger partial charge in [-0.2, -0.15) is 0 Å². The van der Waals surface area contributed by atoms with Gasteiger partial charge in [-0.25, -0.2) is 0 Å². The molecule has 3 heteroatoms. The monoisotopic (exact) mass is 259 g/mol. The second kappa shape index (κ2) is 4.97. The Balaban J connectivity index is 1.78. The van der Waals surface area contributed by atoms with Crippen LogP contribution in [0.2, 0.25) is 0 Å². The summed E-state index contributed by atoms with van der Waals surface area (Å²) in [5.41, 5.74) is 1.55. The number of benzene rings is 1. The van der Waals surface area contributed by atoms with Gasteiger partial charge in [0, 0.05) is 12.2 Å². The van der Waals surface area contributed by atoms with E-state index < -0.39 is 5.60 Å². The number of carbonyl (C=O) groups is 1. The van der Waals surface area contributed by atoms with Gasteiger partial charge in [0.1, 0.15) is 0 Å². The van der Waals surface area contributed by atoms with Crippen molar-refractivity contribution in [2.24, 2.45) is 0 Å². The number of fused-ring (bicyclic) bond motifs is 1. The Labute approximate surface area is 114 Å². The maximum atomic E-state index is 12.5. The Kier molecular flexibility index (Phi) is 3.31. The third kappa shape index (κ3) is 2.52. The average Bonchev–Trinajstić information content (AvgIpc) is 2.84. The van der Waals surface area contributed by atoms with Gasteiger partial charge >= 0.3 is 0 Å². The van der Waals surface area contributed by atoms with E-state index in [0.717, 1.165) is 50.8 Å². The summed E-state index contributed by atoms with van der Waals surface area (Å²) in [6, 6.07) is 8.12. The summed E-state index contributed by atoms with van der Waals surface area (Å²) in [5, 5.41) is 10.4. The highest BCUT2D eigenvalue weighted by Gasteiger charge is 2.35. The van der Waals surface area contributed by atoms with Crippen LogP contribution in [0.15, 0.2) is 24.3 Å². The van der Waals surface area contributed by atoms with Gasteiger partial charge in [-0.1, -0.05) is 31.0 Å². The minimum atomic E-state index is -0.747. The summed E-state index contributed by atoms with van der Waals surface area (Å²) in [7, 11) is 0. The number of para-hydroxylation sites is 1. The maximum Gasteiger partial charge on any atom is 0.229 e. The molecule has 1 N–H and O–H groups in total. The second-order valence-electron chi connectivity index (χ2n) is 5.89. The molecule has 2 aliphatic rings. The van der Waals surface area contributed by atoms with Crippen molar-refractivity contribution in [2.45, 2.75) is 50.5 Å². The number of hydrogen-bond acceptors (Lipinski definition) is 2. The molecule has 19 heavy (non-hydrogen) atoms. The van der Waals surface area contributed by atoms with E-state index in [0.29, 0.717) is 0 Å². The van der Waals surface area contributed by atoms with Crippen LogP contribution in [0.1, 0.15) is 44.1 Å². The Morgan fingerprint density at radius 3 is 2.74 bits per heavy atom. The molecule has 3 nitrogen and oxygen atoms in total. The van der Waals surface area contributed by atoms with Crippen molar-refractivity contribution in [2.75, 3.05) is 11.4 Å². The van der Waals surface area contributed by atoms with Gasteiger partial charge in [0.2, 0.25) is 5.91 Å². The zero-order valence-corrected chi connectivity index (χ0v) is 11.3. The Bertz CT molecular complexity index is 477. The van der Waals surface area contributed by atoms with Gasteiger partial charge in [-0.15, -0.1) is 0 Å². The molecule has 1 fully saturated rings. The lowest BCUT2D eigenvalue weighted by Crippen LogP contribution is -2.40. The van der Waals surface area contributed by atoms with Crippen LogP contribution in [0.5, 0.6) is 0 Å². The highest BCUT2D eigenvalue weighted by atomic mass is 16.3. The van der Waals surface area contributed by atoms with Crippen LogP contribution in [0, 0.1) is 0 Å². The van der Waals surface area contributed by atoms with Gasteiger partial charge in [0.25, 0.3) is 0 Å². The van der Waals surface area contributed by atoms with Crippen LogP contribution < -0.4 is 4.90 Å². The van der Waals surface area contributed by atoms with E-state index in [4.69, 9.17) is 0 Å². The molecule has 1 aromatic rings. The molecule has 0 radical (unpaired) electrons. The van der Waals surface area contributed by atoms with Crippen molar-refractivity contribution in [1.29, 1.82) is 0 Å². The average molecular weight is 259 g/mol. The summed E-state index contributed by atoms with van der Waals surface area (Å²) in [6.07, 6.45) is 5.97. The lowest BCUT2D eigenvalue weighted by atomic mass is 9.95. The molecule has 0 aromatic heterocycles. The third-order valence-corrected chi connectivity index (χ3v) is 4.43. The predicted molar refractivity (Wildman–Crippen MR) is 75.2 cm³/mol. The van der Waals surface area contributed by atoms with E-state index in [-0.39, 0.29) is 12.3 Å². The molecule has 102 valence electrons. The topological polar surface area (TPSA) is 40.5 Å². The first kappa shape index (κ1) is 12.7. The van der Waals surface area contributed by atoms with E-state index >= 15 is 0 Å². The smallest absolute Gasteiger partial charge is 0.229 e. The highest BCUT2D eigenvalue weighted by Crippen LogP contribution is 2.34. The highest BCUT2D eigenvalue weighted by molar-refractivity contribution is 5.95. The zero-order chi connectivity index (χ0) is 13.3. The van der Waals surface area contributed by atoms with Crippen molar-refractivity contribution < 1.29 is 9.90 Å². The molecule has 3 rings (SSSR count). The lowest BCUT2D eigenvalue weighted by Gasteiger charge is -2.32. The van der Waals surface area contributed by atoms with E-state index in [9.17, 15) is 9.90 Å². The molecule has 1 amide bonds. The maximum absolute atomic E-state index is 12.5. The number of nitrogens with zero attached hydrogens (tertiary/aromatic N) is 1. The van der Waals surface area contributed by atoms with Gasteiger partial charge in [-0.3, -0.25) is 4.79 Å². The summed E-state index contributed by atoms with van der Waals surface area (Å²) in [6.45, 7) is 0.784. The minimum absolute atomic E-state index is 0.0801. The van der Waals surface area contributed by atoms with E-state index in [1.165, 1.54) is 5.56 Å². The number of hydrogen-bond donors (Lipinski definition) is 1. The second-order valence-corrected chi connectivity index (χ2v) is 5.89. The molecule has 1 saturated carbocycles. The van der Waals surface area contributed by atoms with Crippen LogP contribution in [0.4, 0.5) is 5.69 Å². The van der Waals surface area contributed by atoms with Crippen molar-refractivity contribution in [3.63, 3.8) is 0 Å². The number of aryl methyl sites for hydroxylation is 1. The quantitative estimate of drug-likeness (QED) is 0.887. The minimum Gasteiger partial charge on any atom is -0.389 e. The molecule has 0 atom stereocenters. The number of amides is 1. The van der Waals surface area contributed by atoms with Crippen LogP contribution in [-0.4, -0.2) is 23.2 Å². The first-order valence-corrected chi connectivity index (χ1v) is 7.29. The van der Waals surface area contributed by atoms with Gasteiger partial charge in [0.15, 0.2) is 0 Å². The van der Waals surface area contributed by atoms with E-state index in [2.05, 4.69) is 6.07 Å². The first-order valence-electron chi connectivity index (χ1n) is 7.29. The summed E-state index contributed by atoms with van der Waals surface area (Å²) in [4.78, 5) is 14.4. The zero-order valence-electron chi connectivity index (χ0n) is 11.3. The molecule has 0 unspecified atom stereocenters. The summed E-state index contributed by atoms with van der Waals surface area (Å²) in [5.74, 6) is 0.0801. The van der Waals surface area contributed by atoms with Crippen LogP contribution in [0.25, 0.3) is 0 Å². The molecule has 1 aliphatic heterocycles. The number of carbonyl (C=O) groups excluding carboxylic acids is 1. The molecule has 0 bridgehead atoms. The Morgan fingerprint density at radius 2 is 1.95 bits per heavy atom. The molecule has 1 aromatic carbocycles. The number of rotatable bonds is 2. The lowest BCUT2D eigenvalue weighted by molar-refractivity contribution is -0.123. The third-order valence-electron chi connectivity index (χ3n) is 4.43. The standard InChI is InChI=1S/C16H21NO2/c18-15(12-16(19)9-3-4-10-16)17-11-5-7-13-6-1-2-8-14(13)17/h1-2,6,8,19H,3-5,7,9-12H2.